The van der Waals surface area contributed by atoms with Crippen molar-refractivity contribution in [1.82, 2.24) is 14.7 Å². The predicted octanol–water partition coefficient (Wildman–Crippen LogP) is 5.77. The normalized spacial score (nSPS) is 14.4. The lowest BCUT2D eigenvalue weighted by Gasteiger charge is -2.24. The molecule has 164 valence electrons. The molecule has 32 heavy (non-hydrogen) atoms. The average molecular weight is 456 g/mol. The van der Waals surface area contributed by atoms with Crippen molar-refractivity contribution in [2.75, 3.05) is 0 Å². The Labute approximate surface area is 186 Å². The number of benzene rings is 2. The van der Waals surface area contributed by atoms with E-state index in [0.717, 1.165) is 29.2 Å². The molecule has 2 aromatic heterocycles. The SMILES string of the molecule is O=c1c2ccccc2c(-c2cccs2)nn1CN(Cc1ccccc1C(F)(F)F)C1CC1. The first-order valence-electron chi connectivity index (χ1n) is 10.3. The van der Waals surface area contributed by atoms with Gasteiger partial charge >= 0.3 is 6.18 Å². The fourth-order valence-corrected chi connectivity index (χ4v) is 4.71. The van der Waals surface area contributed by atoms with Gasteiger partial charge in [-0.2, -0.15) is 18.3 Å². The maximum atomic E-state index is 13.5. The molecule has 0 amide bonds. The van der Waals surface area contributed by atoms with Gasteiger partial charge < -0.3 is 0 Å². The van der Waals surface area contributed by atoms with Crippen molar-refractivity contribution in [2.45, 2.75) is 38.3 Å². The minimum Gasteiger partial charge on any atom is -0.277 e. The van der Waals surface area contributed by atoms with E-state index in [1.807, 2.05) is 40.6 Å². The fraction of sp³-hybridized carbons (Fsp3) is 0.250. The van der Waals surface area contributed by atoms with Gasteiger partial charge in [0.15, 0.2) is 0 Å². The summed E-state index contributed by atoms with van der Waals surface area (Å²) in [6, 6.07) is 17.0. The lowest BCUT2D eigenvalue weighted by atomic mass is 10.1. The van der Waals surface area contributed by atoms with Crippen molar-refractivity contribution in [3.8, 4) is 10.6 Å². The number of rotatable bonds is 6. The number of hydrogen-bond acceptors (Lipinski definition) is 4. The molecule has 0 N–H and O–H groups in total. The Hall–Kier alpha value is -2.97. The van der Waals surface area contributed by atoms with Crippen molar-refractivity contribution in [3.63, 3.8) is 0 Å². The van der Waals surface area contributed by atoms with Gasteiger partial charge in [0.1, 0.15) is 5.69 Å². The second-order valence-electron chi connectivity index (χ2n) is 7.95. The van der Waals surface area contributed by atoms with Crippen LogP contribution >= 0.6 is 11.3 Å². The molecule has 1 aliphatic carbocycles. The van der Waals surface area contributed by atoms with Crippen LogP contribution in [-0.4, -0.2) is 20.7 Å². The number of halogens is 3. The van der Waals surface area contributed by atoms with Crippen molar-refractivity contribution >= 4 is 22.1 Å². The Morgan fingerprint density at radius 3 is 2.41 bits per heavy atom. The number of thiophene rings is 1. The third-order valence-corrected chi connectivity index (χ3v) is 6.57. The molecule has 1 saturated carbocycles. The molecule has 8 heteroatoms. The van der Waals surface area contributed by atoms with Gasteiger partial charge in [-0.15, -0.1) is 11.3 Å². The van der Waals surface area contributed by atoms with E-state index >= 15 is 0 Å². The summed E-state index contributed by atoms with van der Waals surface area (Å²) >= 11 is 1.53. The highest BCUT2D eigenvalue weighted by atomic mass is 32.1. The van der Waals surface area contributed by atoms with Crippen LogP contribution in [0.4, 0.5) is 13.2 Å². The van der Waals surface area contributed by atoms with Crippen LogP contribution in [0.5, 0.6) is 0 Å². The van der Waals surface area contributed by atoms with Crippen LogP contribution in [0.1, 0.15) is 24.0 Å². The van der Waals surface area contributed by atoms with Crippen molar-refractivity contribution < 1.29 is 13.2 Å². The van der Waals surface area contributed by atoms with Gasteiger partial charge in [0.2, 0.25) is 0 Å². The van der Waals surface area contributed by atoms with Gasteiger partial charge in [-0.3, -0.25) is 9.69 Å². The molecular weight excluding hydrogens is 435 g/mol. The van der Waals surface area contributed by atoms with E-state index in [-0.39, 0.29) is 30.4 Å². The summed E-state index contributed by atoms with van der Waals surface area (Å²) < 4.78 is 41.9. The Morgan fingerprint density at radius 1 is 1.00 bits per heavy atom. The van der Waals surface area contributed by atoms with Crippen LogP contribution in [0.3, 0.4) is 0 Å². The van der Waals surface area contributed by atoms with Gasteiger partial charge in [0, 0.05) is 18.0 Å². The summed E-state index contributed by atoms with van der Waals surface area (Å²) in [6.45, 7) is 0.245. The first kappa shape index (κ1) is 20.9. The second-order valence-corrected chi connectivity index (χ2v) is 8.90. The molecule has 2 aromatic carbocycles. The molecular formula is C24H20F3N3OS. The number of fused-ring (bicyclic) bond motifs is 1. The number of nitrogens with zero attached hydrogens (tertiary/aromatic N) is 3. The summed E-state index contributed by atoms with van der Waals surface area (Å²) in [4.78, 5) is 16.1. The zero-order chi connectivity index (χ0) is 22.3. The molecule has 5 rings (SSSR count). The molecule has 1 aliphatic rings. The van der Waals surface area contributed by atoms with Gasteiger partial charge in [0.25, 0.3) is 5.56 Å². The van der Waals surface area contributed by atoms with Crippen LogP contribution in [-0.2, 0) is 19.4 Å². The molecule has 1 fully saturated rings. The summed E-state index contributed by atoms with van der Waals surface area (Å²) in [7, 11) is 0. The first-order chi connectivity index (χ1) is 15.4. The maximum Gasteiger partial charge on any atom is 0.416 e. The Balaban J connectivity index is 1.55. The largest absolute Gasteiger partial charge is 0.416 e. The molecule has 0 bridgehead atoms. The highest BCUT2D eigenvalue weighted by Crippen LogP contribution is 2.35. The van der Waals surface area contributed by atoms with E-state index in [9.17, 15) is 18.0 Å². The third-order valence-electron chi connectivity index (χ3n) is 5.70. The van der Waals surface area contributed by atoms with Crippen molar-refractivity contribution in [3.05, 3.63) is 87.5 Å². The smallest absolute Gasteiger partial charge is 0.277 e. The molecule has 0 spiro atoms. The molecule has 0 aliphatic heterocycles. The molecule has 0 saturated heterocycles. The predicted molar refractivity (Wildman–Crippen MR) is 119 cm³/mol. The van der Waals surface area contributed by atoms with Gasteiger partial charge in [-0.25, -0.2) is 4.68 Å². The second kappa shape index (κ2) is 8.18. The maximum absolute atomic E-state index is 13.5. The number of alkyl halides is 3. The van der Waals surface area contributed by atoms with Crippen molar-refractivity contribution in [2.24, 2.45) is 0 Å². The van der Waals surface area contributed by atoms with Gasteiger partial charge in [-0.1, -0.05) is 42.5 Å². The molecule has 4 nitrogen and oxygen atoms in total. The molecule has 0 radical (unpaired) electrons. The Morgan fingerprint density at radius 2 is 1.72 bits per heavy atom. The van der Waals surface area contributed by atoms with Crippen LogP contribution in [0.2, 0.25) is 0 Å². The van der Waals surface area contributed by atoms with Crippen molar-refractivity contribution in [1.29, 1.82) is 0 Å². The monoisotopic (exact) mass is 455 g/mol. The zero-order valence-corrected chi connectivity index (χ0v) is 17.9. The van der Waals surface area contributed by atoms with E-state index < -0.39 is 11.7 Å². The van der Waals surface area contributed by atoms with Gasteiger partial charge in [-0.05, 0) is 42.0 Å². The molecule has 0 atom stereocenters. The lowest BCUT2D eigenvalue weighted by Crippen LogP contribution is -2.35. The quantitative estimate of drug-likeness (QED) is 0.371. The molecule has 2 heterocycles. The fourth-order valence-electron chi connectivity index (χ4n) is 3.99. The minimum atomic E-state index is -4.42. The van der Waals surface area contributed by atoms with Crippen LogP contribution in [0.25, 0.3) is 21.3 Å². The topological polar surface area (TPSA) is 38.1 Å². The van der Waals surface area contributed by atoms with E-state index in [1.165, 1.54) is 28.2 Å². The van der Waals surface area contributed by atoms with E-state index in [4.69, 9.17) is 0 Å². The summed E-state index contributed by atoms with van der Waals surface area (Å²) in [5, 5.41) is 7.93. The summed E-state index contributed by atoms with van der Waals surface area (Å²) in [5.74, 6) is 0. The van der Waals surface area contributed by atoms with E-state index in [2.05, 4.69) is 5.10 Å². The van der Waals surface area contributed by atoms with E-state index in [1.54, 1.807) is 12.1 Å². The lowest BCUT2D eigenvalue weighted by molar-refractivity contribution is -0.138. The summed E-state index contributed by atoms with van der Waals surface area (Å²) in [5.41, 5.74) is 0.0419. The first-order valence-corrected chi connectivity index (χ1v) is 11.2. The van der Waals surface area contributed by atoms with Crippen LogP contribution in [0.15, 0.2) is 70.8 Å². The third kappa shape index (κ3) is 4.08. The van der Waals surface area contributed by atoms with Crippen LogP contribution in [0, 0.1) is 0 Å². The van der Waals surface area contributed by atoms with Gasteiger partial charge in [0.05, 0.1) is 22.5 Å². The summed E-state index contributed by atoms with van der Waals surface area (Å²) in [6.07, 6.45) is -2.63. The highest BCUT2D eigenvalue weighted by molar-refractivity contribution is 7.13. The average Bonchev–Trinajstić information content (AvgIpc) is 3.49. The van der Waals surface area contributed by atoms with E-state index in [0.29, 0.717) is 11.1 Å². The molecule has 4 aromatic rings. The number of hydrogen-bond donors (Lipinski definition) is 0. The Kier molecular flexibility index (Phi) is 5.35. The molecule has 0 unspecified atom stereocenters. The zero-order valence-electron chi connectivity index (χ0n) is 17.0. The standard InChI is InChI=1S/C24H20F3N3OS/c25-24(26,27)20-9-4-1-6-16(20)14-29(17-11-12-17)15-30-23(31)19-8-3-2-7-18(19)22(28-30)21-10-5-13-32-21/h1-10,13,17H,11-12,14-15H2. The van der Waals surface area contributed by atoms with Crippen LogP contribution < -0.4 is 5.56 Å². The minimum absolute atomic E-state index is 0.107. The number of aromatic nitrogens is 2. The highest BCUT2D eigenvalue weighted by Gasteiger charge is 2.35. The Bertz CT molecular complexity index is 1310.